The summed E-state index contributed by atoms with van der Waals surface area (Å²) in [5, 5.41) is 9.26. The van der Waals surface area contributed by atoms with Crippen LogP contribution in [0.2, 0.25) is 0 Å². The van der Waals surface area contributed by atoms with Crippen molar-refractivity contribution in [1.82, 2.24) is 30.8 Å². The van der Waals surface area contributed by atoms with Gasteiger partial charge >= 0.3 is 0 Å². The number of rotatable bonds is 5. The SMILES string of the molecule is O=C(Cc1c[nH]c2ccccc12)NNC(=O)c1nnn(-c2ccccc2)c1C1CC1. The Morgan fingerprint density at radius 3 is 2.60 bits per heavy atom. The fourth-order valence-electron chi connectivity index (χ4n) is 3.61. The molecule has 1 saturated carbocycles. The number of hydrazine groups is 1. The lowest BCUT2D eigenvalue weighted by Gasteiger charge is -2.08. The van der Waals surface area contributed by atoms with Crippen molar-refractivity contribution in [3.63, 3.8) is 0 Å². The van der Waals surface area contributed by atoms with Crippen molar-refractivity contribution >= 4 is 22.7 Å². The van der Waals surface area contributed by atoms with Crippen molar-refractivity contribution in [2.45, 2.75) is 25.2 Å². The third-order valence-corrected chi connectivity index (χ3v) is 5.23. The Hall–Kier alpha value is -3.94. The Bertz CT molecular complexity index is 1220. The van der Waals surface area contributed by atoms with Crippen LogP contribution >= 0.6 is 0 Å². The average molecular weight is 400 g/mol. The molecule has 8 heteroatoms. The summed E-state index contributed by atoms with van der Waals surface area (Å²) in [6.07, 6.45) is 3.94. The Morgan fingerprint density at radius 1 is 1.03 bits per heavy atom. The molecule has 0 spiro atoms. The van der Waals surface area contributed by atoms with Crippen LogP contribution < -0.4 is 10.9 Å². The summed E-state index contributed by atoms with van der Waals surface area (Å²) in [6, 6.07) is 17.4. The molecular weight excluding hydrogens is 380 g/mol. The molecule has 1 fully saturated rings. The zero-order valence-corrected chi connectivity index (χ0v) is 16.1. The molecule has 0 bridgehead atoms. The van der Waals surface area contributed by atoms with Crippen LogP contribution in [0.5, 0.6) is 0 Å². The molecule has 2 amide bonds. The van der Waals surface area contributed by atoms with Gasteiger partial charge in [-0.1, -0.05) is 41.6 Å². The fourth-order valence-corrected chi connectivity index (χ4v) is 3.61. The number of para-hydroxylation sites is 2. The highest BCUT2D eigenvalue weighted by Gasteiger charge is 2.34. The number of hydrogen-bond donors (Lipinski definition) is 3. The molecule has 2 heterocycles. The van der Waals surface area contributed by atoms with E-state index in [0.29, 0.717) is 0 Å². The van der Waals surface area contributed by atoms with E-state index in [9.17, 15) is 9.59 Å². The van der Waals surface area contributed by atoms with E-state index in [1.165, 1.54) is 0 Å². The van der Waals surface area contributed by atoms with Gasteiger partial charge in [0.2, 0.25) is 5.91 Å². The summed E-state index contributed by atoms with van der Waals surface area (Å²) >= 11 is 0. The third kappa shape index (κ3) is 3.43. The zero-order valence-electron chi connectivity index (χ0n) is 16.1. The number of aromatic amines is 1. The number of aromatic nitrogens is 4. The first-order chi connectivity index (χ1) is 14.7. The predicted octanol–water partition coefficient (Wildman–Crippen LogP) is 2.63. The third-order valence-electron chi connectivity index (χ3n) is 5.23. The molecular formula is C22H20N6O2. The van der Waals surface area contributed by atoms with Crippen LogP contribution in [0.1, 0.15) is 40.5 Å². The van der Waals surface area contributed by atoms with E-state index < -0.39 is 5.91 Å². The van der Waals surface area contributed by atoms with Crippen LogP contribution in [0.4, 0.5) is 0 Å². The van der Waals surface area contributed by atoms with E-state index in [-0.39, 0.29) is 23.9 Å². The van der Waals surface area contributed by atoms with Gasteiger partial charge in [0.05, 0.1) is 17.8 Å². The van der Waals surface area contributed by atoms with E-state index in [1.54, 1.807) is 4.68 Å². The molecule has 150 valence electrons. The smallest absolute Gasteiger partial charge is 0.292 e. The van der Waals surface area contributed by atoms with Gasteiger partial charge in [-0.05, 0) is 36.6 Å². The molecule has 1 aliphatic carbocycles. The van der Waals surface area contributed by atoms with Crippen LogP contribution in [-0.2, 0) is 11.2 Å². The minimum atomic E-state index is -0.466. The molecule has 5 rings (SSSR count). The van der Waals surface area contributed by atoms with Crippen molar-refractivity contribution in [2.75, 3.05) is 0 Å². The standard InChI is InChI=1S/C22H20N6O2/c29-19(12-15-13-23-18-9-5-4-8-17(15)18)24-26-22(30)20-21(14-10-11-14)28(27-25-20)16-6-2-1-3-7-16/h1-9,13-14,23H,10-12H2,(H,24,29)(H,26,30). The first-order valence-electron chi connectivity index (χ1n) is 9.86. The highest BCUT2D eigenvalue weighted by Crippen LogP contribution is 2.41. The van der Waals surface area contributed by atoms with E-state index in [1.807, 2.05) is 60.8 Å². The Labute approximate surface area is 172 Å². The Morgan fingerprint density at radius 2 is 1.80 bits per heavy atom. The quantitative estimate of drug-likeness (QED) is 0.448. The summed E-state index contributed by atoms with van der Waals surface area (Å²) in [6.45, 7) is 0. The molecule has 0 saturated heterocycles. The predicted molar refractivity (Wildman–Crippen MR) is 111 cm³/mol. The van der Waals surface area contributed by atoms with E-state index in [0.717, 1.165) is 40.7 Å². The largest absolute Gasteiger partial charge is 0.361 e. The highest BCUT2D eigenvalue weighted by atomic mass is 16.2. The number of carbonyl (C=O) groups excluding carboxylic acids is 2. The first-order valence-corrected chi connectivity index (χ1v) is 9.86. The van der Waals surface area contributed by atoms with Crippen LogP contribution in [0, 0.1) is 0 Å². The molecule has 30 heavy (non-hydrogen) atoms. The first kappa shape index (κ1) is 18.1. The van der Waals surface area contributed by atoms with Gasteiger partial charge in [-0.25, -0.2) is 4.68 Å². The molecule has 0 atom stereocenters. The van der Waals surface area contributed by atoms with Crippen molar-refractivity contribution < 1.29 is 9.59 Å². The molecule has 1 aliphatic rings. The normalized spacial score (nSPS) is 13.3. The van der Waals surface area contributed by atoms with Crippen molar-refractivity contribution in [1.29, 1.82) is 0 Å². The fraction of sp³-hybridized carbons (Fsp3) is 0.182. The molecule has 0 radical (unpaired) electrons. The summed E-state index contributed by atoms with van der Waals surface area (Å²) in [5.74, 6) is -0.522. The van der Waals surface area contributed by atoms with Gasteiger partial charge in [0, 0.05) is 23.0 Å². The molecule has 0 unspecified atom stereocenters. The number of nitrogens with zero attached hydrogens (tertiary/aromatic N) is 3. The lowest BCUT2D eigenvalue weighted by Crippen LogP contribution is -2.42. The topological polar surface area (TPSA) is 105 Å². The zero-order chi connectivity index (χ0) is 20.5. The van der Waals surface area contributed by atoms with Gasteiger partial charge in [-0.15, -0.1) is 5.10 Å². The number of amides is 2. The number of carbonyl (C=O) groups is 2. The van der Waals surface area contributed by atoms with Gasteiger partial charge in [-0.2, -0.15) is 0 Å². The van der Waals surface area contributed by atoms with E-state index in [4.69, 9.17) is 0 Å². The van der Waals surface area contributed by atoms with Crippen LogP contribution in [0.3, 0.4) is 0 Å². The Kier molecular flexibility index (Phi) is 4.51. The summed E-state index contributed by atoms with van der Waals surface area (Å²) in [4.78, 5) is 28.2. The Balaban J connectivity index is 1.29. The molecule has 2 aromatic carbocycles. The minimum Gasteiger partial charge on any atom is -0.361 e. The van der Waals surface area contributed by atoms with E-state index >= 15 is 0 Å². The molecule has 2 aromatic heterocycles. The monoisotopic (exact) mass is 400 g/mol. The van der Waals surface area contributed by atoms with Gasteiger partial charge < -0.3 is 4.98 Å². The van der Waals surface area contributed by atoms with Gasteiger partial charge in [-0.3, -0.25) is 20.4 Å². The van der Waals surface area contributed by atoms with Crippen LogP contribution in [0.25, 0.3) is 16.6 Å². The van der Waals surface area contributed by atoms with Crippen LogP contribution in [-0.4, -0.2) is 31.8 Å². The molecule has 3 N–H and O–H groups in total. The summed E-state index contributed by atoms with van der Waals surface area (Å²) in [5.41, 5.74) is 8.69. The summed E-state index contributed by atoms with van der Waals surface area (Å²) in [7, 11) is 0. The highest BCUT2D eigenvalue weighted by molar-refractivity contribution is 5.95. The number of H-pyrrole nitrogens is 1. The maximum atomic E-state index is 12.7. The number of benzene rings is 2. The van der Waals surface area contributed by atoms with Crippen LogP contribution in [0.15, 0.2) is 60.8 Å². The second kappa shape index (κ2) is 7.47. The lowest BCUT2D eigenvalue weighted by atomic mass is 10.1. The maximum Gasteiger partial charge on any atom is 0.292 e. The molecule has 8 nitrogen and oxygen atoms in total. The van der Waals surface area contributed by atoms with Crippen molar-refractivity contribution in [2.24, 2.45) is 0 Å². The van der Waals surface area contributed by atoms with E-state index in [2.05, 4.69) is 26.1 Å². The average Bonchev–Trinajstić information content (AvgIpc) is 3.39. The number of fused-ring (bicyclic) bond motifs is 1. The summed E-state index contributed by atoms with van der Waals surface area (Å²) < 4.78 is 1.71. The minimum absolute atomic E-state index is 0.149. The molecule has 4 aromatic rings. The lowest BCUT2D eigenvalue weighted by molar-refractivity contribution is -0.121. The van der Waals surface area contributed by atoms with Crippen molar-refractivity contribution in [3.05, 3.63) is 77.7 Å². The maximum absolute atomic E-state index is 12.7. The van der Waals surface area contributed by atoms with Crippen molar-refractivity contribution in [3.8, 4) is 5.69 Å². The van der Waals surface area contributed by atoms with Gasteiger partial charge in [0.1, 0.15) is 0 Å². The number of nitrogens with one attached hydrogen (secondary N) is 3. The van der Waals surface area contributed by atoms with Gasteiger partial charge in [0.15, 0.2) is 5.69 Å². The molecule has 0 aliphatic heterocycles. The number of hydrogen-bond acceptors (Lipinski definition) is 4. The second-order valence-electron chi connectivity index (χ2n) is 7.38. The second-order valence-corrected chi connectivity index (χ2v) is 7.38. The van der Waals surface area contributed by atoms with Gasteiger partial charge in [0.25, 0.3) is 5.91 Å².